The first-order valence-corrected chi connectivity index (χ1v) is 11.5. The predicted octanol–water partition coefficient (Wildman–Crippen LogP) is 4.66. The number of aliphatic hydroxyl groups excluding tert-OH is 1. The lowest BCUT2D eigenvalue weighted by molar-refractivity contribution is -0.118. The summed E-state index contributed by atoms with van der Waals surface area (Å²) in [6.07, 6.45) is 0.454. The number of hydrogen-bond acceptors (Lipinski definition) is 3. The maximum atomic E-state index is 13.3. The Kier molecular flexibility index (Phi) is 8.79. The van der Waals surface area contributed by atoms with Gasteiger partial charge in [0.2, 0.25) is 0 Å². The minimum atomic E-state index is -0.520. The Morgan fingerprint density at radius 3 is 2.09 bits per heavy atom. The highest BCUT2D eigenvalue weighted by atomic mass is 79.9. The fourth-order valence-electron chi connectivity index (χ4n) is 3.08. The maximum absolute atomic E-state index is 13.3. The Hall–Kier alpha value is -2.74. The number of benzene rings is 3. The lowest BCUT2D eigenvalue weighted by atomic mass is 10.1. The van der Waals surface area contributed by atoms with Gasteiger partial charge in [0.15, 0.2) is 0 Å². The van der Waals surface area contributed by atoms with Crippen molar-refractivity contribution in [2.24, 2.45) is 0 Å². The van der Waals surface area contributed by atoms with Gasteiger partial charge < -0.3 is 15.7 Å². The molecule has 0 aliphatic heterocycles. The van der Waals surface area contributed by atoms with Gasteiger partial charge in [-0.05, 0) is 46.1 Å². The Bertz CT molecular complexity index is 1100. The van der Waals surface area contributed by atoms with Crippen LogP contribution in [0.25, 0.3) is 4.48 Å². The Morgan fingerprint density at radius 2 is 1.47 bits per heavy atom. The van der Waals surface area contributed by atoms with Crippen molar-refractivity contribution in [3.05, 3.63) is 112 Å². The van der Waals surface area contributed by atoms with E-state index in [1.165, 1.54) is 0 Å². The molecule has 3 N–H and O–H groups in total. The molecule has 0 heterocycles. The van der Waals surface area contributed by atoms with Crippen LogP contribution in [0.5, 0.6) is 0 Å². The molecule has 7 heteroatoms. The van der Waals surface area contributed by atoms with Crippen LogP contribution < -0.4 is 10.6 Å². The summed E-state index contributed by atoms with van der Waals surface area (Å²) in [5.74, 6) is -0.921. The first-order chi connectivity index (χ1) is 15.5. The average molecular weight is 558 g/mol. The van der Waals surface area contributed by atoms with E-state index in [0.29, 0.717) is 22.0 Å². The van der Waals surface area contributed by atoms with E-state index in [1.807, 2.05) is 60.7 Å². The average Bonchev–Trinajstić information content (AvgIpc) is 2.83. The van der Waals surface area contributed by atoms with Gasteiger partial charge in [0.1, 0.15) is 5.70 Å². The molecule has 0 aliphatic rings. The van der Waals surface area contributed by atoms with Crippen LogP contribution in [0.3, 0.4) is 0 Å². The van der Waals surface area contributed by atoms with Crippen molar-refractivity contribution in [2.75, 3.05) is 6.61 Å². The van der Waals surface area contributed by atoms with Gasteiger partial charge in [0.25, 0.3) is 11.8 Å². The van der Waals surface area contributed by atoms with Crippen molar-refractivity contribution in [3.8, 4) is 0 Å². The summed E-state index contributed by atoms with van der Waals surface area (Å²) in [7, 11) is 0. The summed E-state index contributed by atoms with van der Waals surface area (Å²) in [6.45, 7) is -0.243. The third-order valence-electron chi connectivity index (χ3n) is 4.71. The monoisotopic (exact) mass is 556 g/mol. The number of carbonyl (C=O) groups excluding carboxylic acids is 2. The van der Waals surface area contributed by atoms with Crippen LogP contribution in [0, 0.1) is 0 Å². The summed E-state index contributed by atoms with van der Waals surface area (Å²) < 4.78 is 1.18. The Balaban J connectivity index is 1.90. The Labute approximate surface area is 203 Å². The van der Waals surface area contributed by atoms with Gasteiger partial charge >= 0.3 is 0 Å². The molecule has 1 atom stereocenters. The van der Waals surface area contributed by atoms with E-state index in [2.05, 4.69) is 42.5 Å². The van der Waals surface area contributed by atoms with Crippen LogP contribution >= 0.6 is 31.9 Å². The van der Waals surface area contributed by atoms with Crippen molar-refractivity contribution in [1.29, 1.82) is 0 Å². The molecule has 0 spiro atoms. The number of hydrogen-bond donors (Lipinski definition) is 3. The number of carbonyl (C=O) groups is 2. The first kappa shape index (κ1) is 23.9. The highest BCUT2D eigenvalue weighted by Gasteiger charge is 2.22. The maximum Gasteiger partial charge on any atom is 0.269 e. The first-order valence-electron chi connectivity index (χ1n) is 9.96. The topological polar surface area (TPSA) is 78.4 Å². The molecule has 5 nitrogen and oxygen atoms in total. The summed E-state index contributed by atoms with van der Waals surface area (Å²) in [4.78, 5) is 26.1. The summed E-state index contributed by atoms with van der Waals surface area (Å²) in [5.41, 5.74) is 2.16. The fraction of sp³-hybridized carbons (Fsp3) is 0.120. The number of amides is 2. The second-order valence-corrected chi connectivity index (χ2v) is 8.68. The molecule has 164 valence electrons. The van der Waals surface area contributed by atoms with Gasteiger partial charge in [-0.15, -0.1) is 0 Å². The highest BCUT2D eigenvalue weighted by Crippen LogP contribution is 2.30. The van der Waals surface area contributed by atoms with Crippen LogP contribution in [0.15, 0.2) is 95.1 Å². The van der Waals surface area contributed by atoms with Crippen molar-refractivity contribution in [3.63, 3.8) is 0 Å². The number of aliphatic hydroxyl groups is 1. The molecule has 0 fully saturated rings. The minimum absolute atomic E-state index is 0.0530. The molecule has 0 aliphatic carbocycles. The van der Waals surface area contributed by atoms with E-state index in [1.54, 1.807) is 24.3 Å². The minimum Gasteiger partial charge on any atom is -0.394 e. The highest BCUT2D eigenvalue weighted by molar-refractivity contribution is 9.15. The molecule has 32 heavy (non-hydrogen) atoms. The van der Waals surface area contributed by atoms with Crippen molar-refractivity contribution in [2.45, 2.75) is 12.5 Å². The molecule has 0 radical (unpaired) electrons. The van der Waals surface area contributed by atoms with Gasteiger partial charge in [0.05, 0.1) is 17.1 Å². The summed E-state index contributed by atoms with van der Waals surface area (Å²) in [6, 6.07) is 25.1. The second-order valence-electron chi connectivity index (χ2n) is 7.03. The molecule has 3 rings (SSSR count). The van der Waals surface area contributed by atoms with Crippen molar-refractivity contribution in [1.82, 2.24) is 10.6 Å². The summed E-state index contributed by atoms with van der Waals surface area (Å²) in [5, 5.41) is 15.4. The van der Waals surface area contributed by atoms with Crippen LogP contribution in [0.4, 0.5) is 0 Å². The SMILES string of the molecule is O=C(N[C@H](CO)Cc1ccccc1)/C(NC(=O)c1ccccc1)=C(/Br)c1ccccc1Br. The van der Waals surface area contributed by atoms with Gasteiger partial charge in [-0.1, -0.05) is 82.7 Å². The van der Waals surface area contributed by atoms with Crippen LogP contribution in [-0.2, 0) is 11.2 Å². The molecule has 2 amide bonds. The molecule has 0 saturated carbocycles. The zero-order valence-corrected chi connectivity index (χ0v) is 20.3. The number of rotatable bonds is 8. The van der Waals surface area contributed by atoms with E-state index >= 15 is 0 Å². The van der Waals surface area contributed by atoms with Crippen molar-refractivity contribution < 1.29 is 14.7 Å². The van der Waals surface area contributed by atoms with Crippen LogP contribution in [0.2, 0.25) is 0 Å². The fourth-order valence-corrected chi connectivity index (χ4v) is 4.45. The van der Waals surface area contributed by atoms with Gasteiger partial charge in [-0.3, -0.25) is 9.59 Å². The van der Waals surface area contributed by atoms with Gasteiger partial charge in [0, 0.05) is 15.6 Å². The smallest absolute Gasteiger partial charge is 0.269 e. The standard InChI is InChI=1S/C25H22Br2N2O3/c26-21-14-8-7-13-20(21)22(27)23(29-24(31)18-11-5-2-6-12-18)25(32)28-19(16-30)15-17-9-3-1-4-10-17/h1-14,19,30H,15-16H2,(H,28,32)(H,29,31)/b23-22-/t19-/m0/s1. The van der Waals surface area contributed by atoms with E-state index < -0.39 is 17.9 Å². The third-order valence-corrected chi connectivity index (χ3v) is 6.23. The molecular formula is C25H22Br2N2O3. The number of nitrogens with one attached hydrogen (secondary N) is 2. The molecule has 3 aromatic rings. The van der Waals surface area contributed by atoms with E-state index in [0.717, 1.165) is 10.0 Å². The molecule has 0 aromatic heterocycles. The van der Waals surface area contributed by atoms with Gasteiger partial charge in [-0.2, -0.15) is 0 Å². The van der Waals surface area contributed by atoms with Crippen LogP contribution in [0.1, 0.15) is 21.5 Å². The van der Waals surface area contributed by atoms with Gasteiger partial charge in [-0.25, -0.2) is 0 Å². The number of halogens is 2. The Morgan fingerprint density at radius 1 is 0.875 bits per heavy atom. The largest absolute Gasteiger partial charge is 0.394 e. The lowest BCUT2D eigenvalue weighted by Gasteiger charge is -2.19. The van der Waals surface area contributed by atoms with E-state index in [4.69, 9.17) is 0 Å². The van der Waals surface area contributed by atoms with Crippen molar-refractivity contribution >= 4 is 48.2 Å². The quantitative estimate of drug-likeness (QED) is 0.352. The molecule has 3 aromatic carbocycles. The third kappa shape index (κ3) is 6.38. The lowest BCUT2D eigenvalue weighted by Crippen LogP contribution is -2.43. The predicted molar refractivity (Wildman–Crippen MR) is 133 cm³/mol. The zero-order valence-electron chi connectivity index (χ0n) is 17.1. The van der Waals surface area contributed by atoms with E-state index in [9.17, 15) is 14.7 Å². The molecular weight excluding hydrogens is 536 g/mol. The molecule has 0 unspecified atom stereocenters. The van der Waals surface area contributed by atoms with Crippen LogP contribution in [-0.4, -0.2) is 29.6 Å². The molecule has 0 saturated heterocycles. The van der Waals surface area contributed by atoms with E-state index in [-0.39, 0.29) is 12.3 Å². The zero-order chi connectivity index (χ0) is 22.9. The normalized spacial score (nSPS) is 12.5. The second kappa shape index (κ2) is 11.8. The molecule has 0 bridgehead atoms. The summed E-state index contributed by atoms with van der Waals surface area (Å²) >= 11 is 6.98.